The predicted octanol–water partition coefficient (Wildman–Crippen LogP) is 2.26. The van der Waals surface area contributed by atoms with Crippen LogP contribution >= 0.6 is 0 Å². The third kappa shape index (κ3) is 3.08. The maximum absolute atomic E-state index is 10.6. The summed E-state index contributed by atoms with van der Waals surface area (Å²) in [6.45, 7) is 8.25. The molecule has 2 aromatic heterocycles. The molecule has 0 aliphatic heterocycles. The van der Waals surface area contributed by atoms with Gasteiger partial charge in [0.05, 0.1) is 0 Å². The Hall–Kier alpha value is -1.40. The Bertz CT molecular complexity index is 539. The molecule has 0 fully saturated rings. The molecule has 0 aliphatic rings. The molecule has 0 aliphatic carbocycles. The quantitative estimate of drug-likeness (QED) is 0.457. The smallest absolute Gasteiger partial charge is 0.216 e. The lowest BCUT2D eigenvalue weighted by Crippen LogP contribution is -2.22. The number of hydrogen-bond acceptors (Lipinski definition) is 3. The van der Waals surface area contributed by atoms with E-state index in [1.54, 1.807) is 6.20 Å². The van der Waals surface area contributed by atoms with Crippen LogP contribution in [0.25, 0.3) is 5.78 Å². The van der Waals surface area contributed by atoms with Gasteiger partial charge in [-0.2, -0.15) is 0 Å². The van der Waals surface area contributed by atoms with E-state index in [1.165, 1.54) is 0 Å². The van der Waals surface area contributed by atoms with Crippen LogP contribution in [-0.4, -0.2) is 34.9 Å². The van der Waals surface area contributed by atoms with Gasteiger partial charge in [0.15, 0.2) is 6.29 Å². The second kappa shape index (κ2) is 5.07. The van der Waals surface area contributed by atoms with Crippen LogP contribution in [0.3, 0.4) is 0 Å². The van der Waals surface area contributed by atoms with Gasteiger partial charge in [-0.3, -0.25) is 13.8 Å². The normalized spacial score (nSPS) is 12.2. The summed E-state index contributed by atoms with van der Waals surface area (Å²) in [6.07, 6.45) is 6.24. The van der Waals surface area contributed by atoms with Gasteiger partial charge in [-0.1, -0.05) is 19.6 Å². The fraction of sp³-hybridized carbons (Fsp3) is 0.500. The molecule has 0 radical (unpaired) electrons. The predicted molar refractivity (Wildman–Crippen MR) is 72.7 cm³/mol. The molecule has 0 atom stereocenters. The van der Waals surface area contributed by atoms with Gasteiger partial charge in [-0.05, 0) is 6.04 Å². The number of aromatic nitrogens is 3. The van der Waals surface area contributed by atoms with Crippen LogP contribution in [0.15, 0.2) is 18.6 Å². The number of nitrogens with zero attached hydrogens (tertiary/aromatic N) is 3. The van der Waals surface area contributed by atoms with Crippen molar-refractivity contribution in [1.82, 2.24) is 14.0 Å². The zero-order chi connectivity index (χ0) is 13.2. The number of carbonyl (C=O) groups excluding carboxylic acids is 1. The van der Waals surface area contributed by atoms with Crippen LogP contribution in [0.2, 0.25) is 25.7 Å². The number of hydrogen-bond donors (Lipinski definition) is 0. The molecule has 6 heteroatoms. The van der Waals surface area contributed by atoms with E-state index < -0.39 is 8.07 Å². The summed E-state index contributed by atoms with van der Waals surface area (Å²) < 4.78 is 9.39. The third-order valence-corrected chi connectivity index (χ3v) is 4.45. The summed E-state index contributed by atoms with van der Waals surface area (Å²) in [6, 6.07) is 1.15. The van der Waals surface area contributed by atoms with Crippen molar-refractivity contribution in [3.05, 3.63) is 24.3 Å². The molecule has 98 valence electrons. The highest BCUT2D eigenvalue weighted by Crippen LogP contribution is 2.09. The van der Waals surface area contributed by atoms with Crippen LogP contribution in [0.5, 0.6) is 0 Å². The molecule has 0 aromatic carbocycles. The van der Waals surface area contributed by atoms with Crippen molar-refractivity contribution >= 4 is 20.1 Å². The Morgan fingerprint density at radius 1 is 1.39 bits per heavy atom. The second-order valence-corrected chi connectivity index (χ2v) is 11.2. The zero-order valence-corrected chi connectivity index (χ0v) is 12.1. The van der Waals surface area contributed by atoms with E-state index in [4.69, 9.17) is 4.74 Å². The highest BCUT2D eigenvalue weighted by molar-refractivity contribution is 6.76. The van der Waals surface area contributed by atoms with E-state index in [1.807, 2.05) is 21.4 Å². The fourth-order valence-corrected chi connectivity index (χ4v) is 2.40. The largest absolute Gasteiger partial charge is 0.361 e. The maximum Gasteiger partial charge on any atom is 0.216 e. The Morgan fingerprint density at radius 2 is 2.17 bits per heavy atom. The van der Waals surface area contributed by atoms with Gasteiger partial charge >= 0.3 is 0 Å². The number of carbonyl (C=O) groups is 1. The molecule has 5 nitrogen and oxygen atoms in total. The molecule has 0 saturated carbocycles. The number of fused-ring (bicyclic) bond motifs is 1. The summed E-state index contributed by atoms with van der Waals surface area (Å²) in [5.74, 6) is 0.741. The van der Waals surface area contributed by atoms with Crippen molar-refractivity contribution in [1.29, 1.82) is 0 Å². The van der Waals surface area contributed by atoms with Crippen molar-refractivity contribution in [3.63, 3.8) is 0 Å². The lowest BCUT2D eigenvalue weighted by Gasteiger charge is -2.15. The molecule has 0 N–H and O–H groups in total. The summed E-state index contributed by atoms with van der Waals surface area (Å²) >= 11 is 0. The molecule has 18 heavy (non-hydrogen) atoms. The Labute approximate surface area is 107 Å². The Morgan fingerprint density at radius 3 is 2.83 bits per heavy atom. The number of rotatable bonds is 6. The molecule has 0 unspecified atom stereocenters. The minimum absolute atomic E-state index is 0.446. The number of imidazole rings is 2. The first-order valence-electron chi connectivity index (χ1n) is 6.06. The molecule has 2 aromatic rings. The first kappa shape index (κ1) is 13.0. The van der Waals surface area contributed by atoms with Gasteiger partial charge in [-0.15, -0.1) is 0 Å². The lowest BCUT2D eigenvalue weighted by molar-refractivity contribution is 0.0896. The summed E-state index contributed by atoms with van der Waals surface area (Å²) in [7, 11) is -1.04. The minimum Gasteiger partial charge on any atom is -0.361 e. The average Bonchev–Trinajstić information content (AvgIpc) is 2.83. The topological polar surface area (TPSA) is 48.5 Å². The molecule has 0 amide bonds. The van der Waals surface area contributed by atoms with Gasteiger partial charge in [0, 0.05) is 33.3 Å². The minimum atomic E-state index is -1.04. The summed E-state index contributed by atoms with van der Waals surface area (Å²) in [5.41, 5.74) is 0.446. The first-order chi connectivity index (χ1) is 8.49. The van der Waals surface area contributed by atoms with E-state index in [-0.39, 0.29) is 0 Å². The fourth-order valence-electron chi connectivity index (χ4n) is 1.64. The highest BCUT2D eigenvalue weighted by Gasteiger charge is 2.12. The van der Waals surface area contributed by atoms with E-state index in [2.05, 4.69) is 24.6 Å². The van der Waals surface area contributed by atoms with Crippen LogP contribution in [0, 0.1) is 0 Å². The van der Waals surface area contributed by atoms with Gasteiger partial charge in [0.25, 0.3) is 0 Å². The van der Waals surface area contributed by atoms with Crippen LogP contribution in [0.1, 0.15) is 10.5 Å². The molecule has 2 heterocycles. The number of ether oxygens (including phenoxy) is 1. The van der Waals surface area contributed by atoms with E-state index in [9.17, 15) is 4.79 Å². The van der Waals surface area contributed by atoms with Crippen molar-refractivity contribution in [2.24, 2.45) is 0 Å². The van der Waals surface area contributed by atoms with E-state index in [0.717, 1.165) is 24.7 Å². The van der Waals surface area contributed by atoms with Crippen molar-refractivity contribution in [2.45, 2.75) is 32.4 Å². The lowest BCUT2D eigenvalue weighted by atomic mass is 10.5. The van der Waals surface area contributed by atoms with Crippen LogP contribution < -0.4 is 0 Å². The van der Waals surface area contributed by atoms with Crippen molar-refractivity contribution in [3.8, 4) is 0 Å². The monoisotopic (exact) mass is 265 g/mol. The zero-order valence-electron chi connectivity index (χ0n) is 11.1. The van der Waals surface area contributed by atoms with E-state index >= 15 is 0 Å². The highest BCUT2D eigenvalue weighted by atomic mass is 28.3. The second-order valence-electron chi connectivity index (χ2n) is 5.61. The van der Waals surface area contributed by atoms with Gasteiger partial charge in [0.2, 0.25) is 5.78 Å². The molecule has 2 rings (SSSR count). The summed E-state index contributed by atoms with van der Waals surface area (Å²) in [5, 5.41) is 0. The average molecular weight is 265 g/mol. The van der Waals surface area contributed by atoms with Crippen LogP contribution in [0.4, 0.5) is 0 Å². The molecule has 0 spiro atoms. The van der Waals surface area contributed by atoms with Crippen molar-refractivity contribution in [2.75, 3.05) is 6.61 Å². The Kier molecular flexibility index (Phi) is 3.67. The van der Waals surface area contributed by atoms with Gasteiger partial charge in [-0.25, -0.2) is 4.98 Å². The molecule has 0 bridgehead atoms. The standard InChI is InChI=1S/C12H19N3O2Si/c1-18(2,3)7-6-17-10-15-5-4-14-8-11(9-16)13-12(14)15/h4-5,8-9H,6-7,10H2,1-3H3. The third-order valence-electron chi connectivity index (χ3n) is 2.74. The maximum atomic E-state index is 10.6. The molecular formula is C12H19N3O2Si. The first-order valence-corrected chi connectivity index (χ1v) is 9.77. The summed E-state index contributed by atoms with van der Waals surface area (Å²) in [4.78, 5) is 14.8. The van der Waals surface area contributed by atoms with Gasteiger partial charge in [0.1, 0.15) is 12.4 Å². The van der Waals surface area contributed by atoms with Gasteiger partial charge < -0.3 is 4.74 Å². The van der Waals surface area contributed by atoms with Crippen LogP contribution in [-0.2, 0) is 11.5 Å². The van der Waals surface area contributed by atoms with E-state index in [0.29, 0.717) is 12.4 Å². The number of aldehydes is 1. The molecular weight excluding hydrogens is 246 g/mol. The SMILES string of the molecule is C[Si](C)(C)CCOCn1ccn2cc(C=O)nc12. The Balaban J connectivity index is 1.95. The van der Waals surface area contributed by atoms with Crippen molar-refractivity contribution < 1.29 is 9.53 Å². The molecule has 0 saturated heterocycles.